The van der Waals surface area contributed by atoms with Gasteiger partial charge in [0, 0.05) is 26.1 Å². The van der Waals surface area contributed by atoms with E-state index >= 15 is 0 Å². The van der Waals surface area contributed by atoms with Crippen LogP contribution in [0.15, 0.2) is 35.4 Å². The van der Waals surface area contributed by atoms with Crippen LogP contribution in [0.5, 0.6) is 0 Å². The molecule has 1 aliphatic rings. The van der Waals surface area contributed by atoms with E-state index in [1.807, 2.05) is 23.1 Å². The zero-order chi connectivity index (χ0) is 16.4. The minimum atomic E-state index is -0.0798. The SMILES string of the molecule is CC1CC(C)CN(C(=O)CCn2cnc3ccccc3c2=O)C1. The Hall–Kier alpha value is -2.17. The second-order valence-corrected chi connectivity index (χ2v) is 6.76. The quantitative estimate of drug-likeness (QED) is 0.873. The Bertz CT molecular complexity index is 758. The smallest absolute Gasteiger partial charge is 0.261 e. The van der Waals surface area contributed by atoms with Crippen LogP contribution in [0.25, 0.3) is 10.9 Å². The number of aryl methyl sites for hydroxylation is 1. The average Bonchev–Trinajstić information content (AvgIpc) is 2.53. The van der Waals surface area contributed by atoms with Crippen LogP contribution in [0.3, 0.4) is 0 Å². The Kier molecular flexibility index (Phi) is 4.46. The molecule has 2 aromatic rings. The lowest BCUT2D eigenvalue weighted by Gasteiger charge is -2.35. The Morgan fingerprint density at radius 1 is 1.22 bits per heavy atom. The lowest BCUT2D eigenvalue weighted by atomic mass is 9.92. The highest BCUT2D eigenvalue weighted by atomic mass is 16.2. The maximum atomic E-state index is 12.4. The number of benzene rings is 1. The number of rotatable bonds is 3. The molecule has 0 aliphatic carbocycles. The van der Waals surface area contributed by atoms with E-state index in [2.05, 4.69) is 18.8 Å². The summed E-state index contributed by atoms with van der Waals surface area (Å²) in [5, 5.41) is 0.600. The molecule has 1 saturated heterocycles. The van der Waals surface area contributed by atoms with Crippen molar-refractivity contribution < 1.29 is 4.79 Å². The van der Waals surface area contributed by atoms with E-state index in [0.29, 0.717) is 35.7 Å². The van der Waals surface area contributed by atoms with Crippen molar-refractivity contribution in [2.45, 2.75) is 33.2 Å². The van der Waals surface area contributed by atoms with Gasteiger partial charge in [-0.3, -0.25) is 14.2 Å². The van der Waals surface area contributed by atoms with Gasteiger partial charge in [-0.15, -0.1) is 0 Å². The van der Waals surface area contributed by atoms with Gasteiger partial charge in [-0.25, -0.2) is 4.98 Å². The minimum absolute atomic E-state index is 0.0798. The molecule has 0 saturated carbocycles. The first kappa shape index (κ1) is 15.7. The highest BCUT2D eigenvalue weighted by Gasteiger charge is 2.25. The molecule has 2 atom stereocenters. The van der Waals surface area contributed by atoms with E-state index in [1.54, 1.807) is 12.4 Å². The first-order valence-electron chi connectivity index (χ1n) is 8.26. The summed E-state index contributed by atoms with van der Waals surface area (Å²) >= 11 is 0. The number of nitrogens with zero attached hydrogens (tertiary/aromatic N) is 3. The van der Waals surface area contributed by atoms with Gasteiger partial charge < -0.3 is 4.90 Å². The van der Waals surface area contributed by atoms with Gasteiger partial charge in [0.15, 0.2) is 0 Å². The number of para-hydroxylation sites is 1. The normalized spacial score (nSPS) is 21.6. The zero-order valence-corrected chi connectivity index (χ0v) is 13.7. The molecule has 0 N–H and O–H groups in total. The van der Waals surface area contributed by atoms with Crippen LogP contribution < -0.4 is 5.56 Å². The fraction of sp³-hybridized carbons (Fsp3) is 0.500. The first-order valence-corrected chi connectivity index (χ1v) is 8.26. The Morgan fingerprint density at radius 2 is 1.91 bits per heavy atom. The van der Waals surface area contributed by atoms with Crippen molar-refractivity contribution in [1.29, 1.82) is 0 Å². The lowest BCUT2D eigenvalue weighted by Crippen LogP contribution is -2.43. The van der Waals surface area contributed by atoms with Crippen LogP contribution in [0.4, 0.5) is 0 Å². The van der Waals surface area contributed by atoms with E-state index in [4.69, 9.17) is 0 Å². The van der Waals surface area contributed by atoms with Crippen LogP contribution >= 0.6 is 0 Å². The standard InChI is InChI=1S/C18H23N3O2/c1-13-9-14(2)11-21(10-13)17(22)7-8-20-12-19-16-6-4-3-5-15(16)18(20)23/h3-6,12-14H,7-11H2,1-2H3. The number of carbonyl (C=O) groups excluding carboxylic acids is 1. The largest absolute Gasteiger partial charge is 0.342 e. The van der Waals surface area contributed by atoms with Gasteiger partial charge >= 0.3 is 0 Å². The number of hydrogen-bond acceptors (Lipinski definition) is 3. The minimum Gasteiger partial charge on any atom is -0.342 e. The zero-order valence-electron chi connectivity index (χ0n) is 13.7. The molecule has 2 unspecified atom stereocenters. The molecule has 1 aromatic carbocycles. The highest BCUT2D eigenvalue weighted by molar-refractivity contribution is 5.77. The highest BCUT2D eigenvalue weighted by Crippen LogP contribution is 2.21. The van der Waals surface area contributed by atoms with Crippen molar-refractivity contribution in [2.24, 2.45) is 11.8 Å². The molecule has 23 heavy (non-hydrogen) atoms. The predicted molar refractivity (Wildman–Crippen MR) is 90.1 cm³/mol. The van der Waals surface area contributed by atoms with E-state index in [0.717, 1.165) is 13.1 Å². The predicted octanol–water partition coefficient (Wildman–Crippen LogP) is 2.29. The summed E-state index contributed by atoms with van der Waals surface area (Å²) in [6.07, 6.45) is 3.07. The van der Waals surface area contributed by atoms with Crippen LogP contribution in [-0.4, -0.2) is 33.4 Å². The molecule has 1 amide bonds. The monoisotopic (exact) mass is 313 g/mol. The Morgan fingerprint density at radius 3 is 2.65 bits per heavy atom. The van der Waals surface area contributed by atoms with Crippen molar-refractivity contribution in [1.82, 2.24) is 14.5 Å². The third-order valence-corrected chi connectivity index (χ3v) is 4.52. The van der Waals surface area contributed by atoms with Gasteiger partial charge in [-0.1, -0.05) is 26.0 Å². The molecule has 2 heterocycles. The number of piperidine rings is 1. The van der Waals surface area contributed by atoms with Crippen molar-refractivity contribution in [2.75, 3.05) is 13.1 Å². The van der Waals surface area contributed by atoms with Crippen LogP contribution in [-0.2, 0) is 11.3 Å². The van der Waals surface area contributed by atoms with E-state index in [1.165, 1.54) is 11.0 Å². The second-order valence-electron chi connectivity index (χ2n) is 6.76. The summed E-state index contributed by atoms with van der Waals surface area (Å²) in [6.45, 7) is 6.41. The van der Waals surface area contributed by atoms with Crippen molar-refractivity contribution in [3.8, 4) is 0 Å². The van der Waals surface area contributed by atoms with Gasteiger partial charge in [0.25, 0.3) is 5.56 Å². The molecule has 1 fully saturated rings. The molecule has 1 aromatic heterocycles. The first-order chi connectivity index (χ1) is 11.0. The summed E-state index contributed by atoms with van der Waals surface area (Å²) in [5.41, 5.74) is 0.613. The second kappa shape index (κ2) is 6.52. The number of carbonyl (C=O) groups is 1. The fourth-order valence-electron chi connectivity index (χ4n) is 3.51. The van der Waals surface area contributed by atoms with Gasteiger partial charge in [0.2, 0.25) is 5.91 Å². The third kappa shape index (κ3) is 3.44. The van der Waals surface area contributed by atoms with Gasteiger partial charge in [-0.05, 0) is 30.4 Å². The summed E-state index contributed by atoms with van der Waals surface area (Å²) in [5.74, 6) is 1.23. The van der Waals surface area contributed by atoms with Crippen molar-refractivity contribution >= 4 is 16.8 Å². The summed E-state index contributed by atoms with van der Waals surface area (Å²) in [4.78, 5) is 31.1. The van der Waals surface area contributed by atoms with Crippen molar-refractivity contribution in [3.63, 3.8) is 0 Å². The molecular formula is C18H23N3O2. The molecule has 5 nitrogen and oxygen atoms in total. The van der Waals surface area contributed by atoms with Crippen molar-refractivity contribution in [3.05, 3.63) is 40.9 Å². The maximum absolute atomic E-state index is 12.4. The van der Waals surface area contributed by atoms with Gasteiger partial charge in [0.1, 0.15) is 0 Å². The summed E-state index contributed by atoms with van der Waals surface area (Å²) < 4.78 is 1.54. The molecule has 1 aliphatic heterocycles. The molecule has 0 radical (unpaired) electrons. The molecule has 5 heteroatoms. The molecular weight excluding hydrogens is 290 g/mol. The summed E-state index contributed by atoms with van der Waals surface area (Å²) in [7, 11) is 0. The van der Waals surface area contributed by atoms with Crippen LogP contribution in [0.1, 0.15) is 26.7 Å². The number of fused-ring (bicyclic) bond motifs is 1. The van der Waals surface area contributed by atoms with Gasteiger partial charge in [0.05, 0.1) is 17.2 Å². The summed E-state index contributed by atoms with van der Waals surface area (Å²) in [6, 6.07) is 7.29. The Balaban J connectivity index is 1.70. The van der Waals surface area contributed by atoms with Gasteiger partial charge in [-0.2, -0.15) is 0 Å². The lowest BCUT2D eigenvalue weighted by molar-refractivity contribution is -0.134. The maximum Gasteiger partial charge on any atom is 0.261 e. The topological polar surface area (TPSA) is 55.2 Å². The number of aromatic nitrogens is 2. The molecule has 0 spiro atoms. The van der Waals surface area contributed by atoms with E-state index in [-0.39, 0.29) is 11.5 Å². The number of likely N-dealkylation sites (tertiary alicyclic amines) is 1. The molecule has 122 valence electrons. The van der Waals surface area contributed by atoms with Crippen LogP contribution in [0.2, 0.25) is 0 Å². The molecule has 0 bridgehead atoms. The van der Waals surface area contributed by atoms with E-state index < -0.39 is 0 Å². The fourth-order valence-corrected chi connectivity index (χ4v) is 3.51. The van der Waals surface area contributed by atoms with E-state index in [9.17, 15) is 9.59 Å². The number of amides is 1. The molecule has 3 rings (SSSR count). The van der Waals surface area contributed by atoms with Crippen LogP contribution in [0, 0.1) is 11.8 Å². The number of hydrogen-bond donors (Lipinski definition) is 0. The average molecular weight is 313 g/mol. The Labute approximate surface area is 135 Å². The third-order valence-electron chi connectivity index (χ3n) is 4.52.